The number of anilines is 1. The van der Waals surface area contributed by atoms with Crippen LogP contribution in [0.25, 0.3) is 0 Å². The minimum absolute atomic E-state index is 0.00304. The van der Waals surface area contributed by atoms with E-state index in [1.165, 1.54) is 0 Å². The number of benzene rings is 1. The van der Waals surface area contributed by atoms with Gasteiger partial charge in [0.1, 0.15) is 5.78 Å². The monoisotopic (exact) mass is 397 g/mol. The summed E-state index contributed by atoms with van der Waals surface area (Å²) < 4.78 is 1.13. The number of carbonyl (C=O) groups is 2. The van der Waals surface area contributed by atoms with Gasteiger partial charge in [0.05, 0.1) is 5.41 Å². The van der Waals surface area contributed by atoms with Crippen molar-refractivity contribution >= 4 is 40.0 Å². The van der Waals surface area contributed by atoms with Crippen molar-refractivity contribution < 1.29 is 9.59 Å². The van der Waals surface area contributed by atoms with Gasteiger partial charge in [-0.1, -0.05) is 20.8 Å². The Morgan fingerprint density at radius 1 is 1.14 bits per heavy atom. The van der Waals surface area contributed by atoms with Crippen LogP contribution in [0, 0.1) is 19.8 Å². The average molecular weight is 397 g/mol. The number of hydrogen-bond acceptors (Lipinski definition) is 2. The van der Waals surface area contributed by atoms with Gasteiger partial charge in [-0.05, 0) is 65.1 Å². The van der Waals surface area contributed by atoms with Crippen LogP contribution in [0.4, 0.5) is 5.69 Å². The Morgan fingerprint density at radius 2 is 1.76 bits per heavy atom. The van der Waals surface area contributed by atoms with Crippen LogP contribution in [0.3, 0.4) is 0 Å². The van der Waals surface area contributed by atoms with Gasteiger partial charge in [0, 0.05) is 21.1 Å². The minimum Gasteiger partial charge on any atom is -0.326 e. The number of Topliss-reactive ketones (excluding diaryl/α,β-unsaturated/α-hetero) is 1. The van der Waals surface area contributed by atoms with Gasteiger partial charge in [-0.2, -0.15) is 0 Å². The predicted octanol–water partition coefficient (Wildman–Crippen LogP) is 4.02. The lowest BCUT2D eigenvalue weighted by Crippen LogP contribution is -2.43. The van der Waals surface area contributed by atoms with Crippen molar-refractivity contribution in [3.63, 3.8) is 0 Å². The highest BCUT2D eigenvalue weighted by Crippen LogP contribution is 2.70. The first-order valence-electron chi connectivity index (χ1n) is 7.33. The van der Waals surface area contributed by atoms with E-state index in [4.69, 9.17) is 0 Å². The number of hydrogen-bond donors (Lipinski definition) is 1. The Bertz CT molecular complexity index is 622. The molecule has 2 atom stereocenters. The van der Waals surface area contributed by atoms with Crippen LogP contribution in [0.1, 0.15) is 40.0 Å². The lowest BCUT2D eigenvalue weighted by molar-refractivity contribution is -0.131. The molecule has 1 N–H and O–H groups in total. The maximum atomic E-state index is 12.9. The van der Waals surface area contributed by atoms with Crippen molar-refractivity contribution in [2.45, 2.75) is 40.0 Å². The fourth-order valence-electron chi connectivity index (χ4n) is 4.14. The van der Waals surface area contributed by atoms with Crippen molar-refractivity contribution in [2.24, 2.45) is 16.2 Å². The Hall–Kier alpha value is -0.910. The zero-order valence-corrected chi connectivity index (χ0v) is 14.8. The molecule has 1 aromatic carbocycles. The SMILES string of the molecule is CC1(C)[C@@]2(C(=O)Nc3ccc(I)cc3)CC[C@]1(C)C(=O)C2. The molecule has 2 aliphatic carbocycles. The average Bonchev–Trinajstić information content (AvgIpc) is 2.72. The Kier molecular flexibility index (Phi) is 3.24. The molecular weight excluding hydrogens is 377 g/mol. The standard InChI is InChI=1S/C17H20INO2/c1-15(2)16(3)8-9-17(15,10-13(16)20)14(21)19-12-6-4-11(18)5-7-12/h4-7H,8-10H2,1-3H3,(H,19,21)/t16-,17+/m1/s1. The zero-order chi connectivity index (χ0) is 15.5. The molecule has 0 radical (unpaired) electrons. The second kappa shape index (κ2) is 4.54. The molecule has 112 valence electrons. The molecular formula is C17H20INO2. The lowest BCUT2D eigenvalue weighted by atomic mass is 9.64. The summed E-state index contributed by atoms with van der Waals surface area (Å²) in [5.74, 6) is 0.250. The largest absolute Gasteiger partial charge is 0.326 e. The maximum absolute atomic E-state index is 12.9. The second-order valence-corrected chi connectivity index (χ2v) is 8.35. The number of carbonyl (C=O) groups excluding carboxylic acids is 2. The van der Waals surface area contributed by atoms with Crippen molar-refractivity contribution in [1.82, 2.24) is 0 Å². The first-order chi connectivity index (χ1) is 9.73. The molecule has 21 heavy (non-hydrogen) atoms. The van der Waals surface area contributed by atoms with Gasteiger partial charge in [-0.15, -0.1) is 0 Å². The van der Waals surface area contributed by atoms with E-state index < -0.39 is 5.41 Å². The molecule has 2 fully saturated rings. The van der Waals surface area contributed by atoms with Crippen LogP contribution in [0.2, 0.25) is 0 Å². The molecule has 3 rings (SSSR count). The molecule has 4 heteroatoms. The van der Waals surface area contributed by atoms with Crippen molar-refractivity contribution in [3.8, 4) is 0 Å². The Morgan fingerprint density at radius 3 is 2.24 bits per heavy atom. The third-order valence-corrected chi connectivity index (χ3v) is 6.96. The number of rotatable bonds is 2. The number of amides is 1. The van der Waals surface area contributed by atoms with E-state index in [0.717, 1.165) is 22.1 Å². The fraction of sp³-hybridized carbons (Fsp3) is 0.529. The molecule has 3 nitrogen and oxygen atoms in total. The molecule has 2 bridgehead atoms. The van der Waals surface area contributed by atoms with Crippen LogP contribution >= 0.6 is 22.6 Å². The van der Waals surface area contributed by atoms with E-state index in [1.54, 1.807) is 0 Å². The first kappa shape index (κ1) is 15.0. The summed E-state index contributed by atoms with van der Waals surface area (Å²) >= 11 is 2.24. The third-order valence-electron chi connectivity index (χ3n) is 6.24. The molecule has 1 amide bonds. The molecule has 0 heterocycles. The van der Waals surface area contributed by atoms with Gasteiger partial charge in [0.25, 0.3) is 0 Å². The number of fused-ring (bicyclic) bond motifs is 2. The minimum atomic E-state index is -0.554. The van der Waals surface area contributed by atoms with Crippen molar-refractivity contribution in [2.75, 3.05) is 5.32 Å². The topological polar surface area (TPSA) is 46.2 Å². The molecule has 0 aromatic heterocycles. The summed E-state index contributed by atoms with van der Waals surface area (Å²) in [6, 6.07) is 7.76. The van der Waals surface area contributed by atoms with Gasteiger partial charge in [0.15, 0.2) is 0 Å². The van der Waals surface area contributed by atoms with Gasteiger partial charge in [-0.25, -0.2) is 0 Å². The number of nitrogens with one attached hydrogen (secondary N) is 1. The summed E-state index contributed by atoms with van der Waals surface area (Å²) in [6.07, 6.45) is 2.00. The summed E-state index contributed by atoms with van der Waals surface area (Å²) in [5, 5.41) is 3.03. The molecule has 2 aliphatic rings. The van der Waals surface area contributed by atoms with Crippen LogP contribution < -0.4 is 5.32 Å². The molecule has 0 saturated heterocycles. The van der Waals surface area contributed by atoms with E-state index in [9.17, 15) is 9.59 Å². The van der Waals surface area contributed by atoms with Gasteiger partial charge in [-0.3, -0.25) is 9.59 Å². The van der Waals surface area contributed by atoms with Crippen LogP contribution in [0.15, 0.2) is 24.3 Å². The van der Waals surface area contributed by atoms with E-state index in [-0.39, 0.29) is 22.5 Å². The quantitative estimate of drug-likeness (QED) is 0.767. The normalized spacial score (nSPS) is 33.2. The van der Waals surface area contributed by atoms with Gasteiger partial charge in [0.2, 0.25) is 5.91 Å². The molecule has 0 spiro atoms. The summed E-state index contributed by atoms with van der Waals surface area (Å²) in [6.45, 7) is 6.19. The second-order valence-electron chi connectivity index (χ2n) is 7.10. The van der Waals surface area contributed by atoms with Crippen LogP contribution in [-0.2, 0) is 9.59 Å². The highest BCUT2D eigenvalue weighted by molar-refractivity contribution is 14.1. The summed E-state index contributed by atoms with van der Waals surface area (Å²) in [4.78, 5) is 25.3. The van der Waals surface area contributed by atoms with Gasteiger partial charge >= 0.3 is 0 Å². The highest BCUT2D eigenvalue weighted by Gasteiger charge is 2.72. The first-order valence-corrected chi connectivity index (χ1v) is 8.41. The van der Waals surface area contributed by atoms with E-state index in [1.807, 2.05) is 31.2 Å². The van der Waals surface area contributed by atoms with Crippen LogP contribution in [-0.4, -0.2) is 11.7 Å². The van der Waals surface area contributed by atoms with Crippen LogP contribution in [0.5, 0.6) is 0 Å². The molecule has 0 aliphatic heterocycles. The van der Waals surface area contributed by atoms with Crippen molar-refractivity contribution in [1.29, 1.82) is 0 Å². The summed E-state index contributed by atoms with van der Waals surface area (Å²) in [7, 11) is 0. The maximum Gasteiger partial charge on any atom is 0.231 e. The smallest absolute Gasteiger partial charge is 0.231 e. The third kappa shape index (κ3) is 1.84. The predicted molar refractivity (Wildman–Crippen MR) is 91.0 cm³/mol. The van der Waals surface area contributed by atoms with E-state index in [0.29, 0.717) is 6.42 Å². The highest BCUT2D eigenvalue weighted by atomic mass is 127. The fourth-order valence-corrected chi connectivity index (χ4v) is 4.50. The van der Waals surface area contributed by atoms with Crippen molar-refractivity contribution in [3.05, 3.63) is 27.8 Å². The number of ketones is 1. The lowest BCUT2D eigenvalue weighted by Gasteiger charge is -2.38. The molecule has 0 unspecified atom stereocenters. The zero-order valence-electron chi connectivity index (χ0n) is 12.6. The van der Waals surface area contributed by atoms with E-state index in [2.05, 4.69) is 41.8 Å². The van der Waals surface area contributed by atoms with Gasteiger partial charge < -0.3 is 5.32 Å². The van der Waals surface area contributed by atoms with E-state index >= 15 is 0 Å². The Labute approximate surface area is 139 Å². The summed E-state index contributed by atoms with van der Waals surface area (Å²) in [5.41, 5.74) is -0.388. The molecule has 1 aromatic rings. The Balaban J connectivity index is 1.91. The molecule has 2 saturated carbocycles. The number of halogens is 1.